The molecular weight excluding hydrogens is 360 g/mol. The summed E-state index contributed by atoms with van der Waals surface area (Å²) in [4.78, 5) is 25.0. The number of aryl methyl sites for hydroxylation is 2. The predicted octanol–water partition coefficient (Wildman–Crippen LogP) is 3.59. The van der Waals surface area contributed by atoms with Crippen LogP contribution in [0, 0.1) is 13.8 Å². The third-order valence-corrected chi connectivity index (χ3v) is 3.85. The minimum absolute atomic E-state index is 0.176. The summed E-state index contributed by atoms with van der Waals surface area (Å²) in [5.41, 5.74) is 2.24. The molecule has 2 aromatic carbocycles. The summed E-state index contributed by atoms with van der Waals surface area (Å²) >= 11 is 0. The molecule has 0 saturated heterocycles. The predicted molar refractivity (Wildman–Crippen MR) is 102 cm³/mol. The molecule has 0 bridgehead atoms. The van der Waals surface area contributed by atoms with Crippen molar-refractivity contribution >= 4 is 17.6 Å². The van der Waals surface area contributed by atoms with E-state index >= 15 is 0 Å². The molecule has 3 rings (SSSR count). The Bertz CT molecular complexity index is 935. The summed E-state index contributed by atoms with van der Waals surface area (Å²) in [5.74, 6) is -0.424. The monoisotopic (exact) mass is 380 g/mol. The zero-order valence-electron chi connectivity index (χ0n) is 15.5. The molecule has 0 unspecified atom stereocenters. The molecule has 28 heavy (non-hydrogen) atoms. The van der Waals surface area contributed by atoms with E-state index in [1.807, 2.05) is 25.1 Å². The van der Waals surface area contributed by atoms with Gasteiger partial charge in [-0.1, -0.05) is 48.0 Å². The number of amides is 1. The fourth-order valence-electron chi connectivity index (χ4n) is 2.46. The van der Waals surface area contributed by atoms with Gasteiger partial charge in [0.05, 0.1) is 0 Å². The van der Waals surface area contributed by atoms with Crippen molar-refractivity contribution in [1.82, 2.24) is 5.16 Å². The molecule has 1 amide bonds. The quantitative estimate of drug-likeness (QED) is 0.630. The third-order valence-electron chi connectivity index (χ3n) is 3.85. The molecule has 1 atom stereocenters. The first-order valence-electron chi connectivity index (χ1n) is 8.69. The van der Waals surface area contributed by atoms with Crippen LogP contribution in [0.3, 0.4) is 0 Å². The zero-order chi connectivity index (χ0) is 19.9. The van der Waals surface area contributed by atoms with Gasteiger partial charge in [0.1, 0.15) is 5.76 Å². The van der Waals surface area contributed by atoms with E-state index in [2.05, 4.69) is 10.5 Å². The van der Waals surface area contributed by atoms with E-state index in [1.165, 1.54) is 0 Å². The van der Waals surface area contributed by atoms with Crippen molar-refractivity contribution in [2.75, 3.05) is 11.9 Å². The molecule has 7 heteroatoms. The minimum atomic E-state index is -1.11. The number of esters is 1. The van der Waals surface area contributed by atoms with Crippen molar-refractivity contribution in [1.29, 1.82) is 0 Å². The van der Waals surface area contributed by atoms with Crippen LogP contribution in [-0.2, 0) is 14.3 Å². The summed E-state index contributed by atoms with van der Waals surface area (Å²) in [5, 5.41) is 6.40. The van der Waals surface area contributed by atoms with Crippen molar-refractivity contribution in [3.63, 3.8) is 0 Å². The Morgan fingerprint density at radius 2 is 1.79 bits per heavy atom. The maximum Gasteiger partial charge on any atom is 0.345 e. The number of carbonyl (C=O) groups excluding carboxylic acids is 2. The number of rotatable bonds is 7. The summed E-state index contributed by atoms with van der Waals surface area (Å²) in [6, 6.07) is 17.7. The lowest BCUT2D eigenvalue weighted by Crippen LogP contribution is -2.28. The first kappa shape index (κ1) is 19.2. The van der Waals surface area contributed by atoms with E-state index in [0.29, 0.717) is 17.0 Å². The van der Waals surface area contributed by atoms with E-state index in [0.717, 1.165) is 5.56 Å². The molecule has 0 spiro atoms. The lowest BCUT2D eigenvalue weighted by molar-refractivity contribution is -0.156. The lowest BCUT2D eigenvalue weighted by atomic mass is 10.1. The second kappa shape index (κ2) is 8.85. The highest BCUT2D eigenvalue weighted by atomic mass is 16.6. The average molecular weight is 380 g/mol. The number of aromatic nitrogens is 1. The number of hydrogen-bond acceptors (Lipinski definition) is 6. The van der Waals surface area contributed by atoms with Gasteiger partial charge in [0.15, 0.2) is 6.61 Å². The van der Waals surface area contributed by atoms with Crippen molar-refractivity contribution in [2.45, 2.75) is 20.0 Å². The van der Waals surface area contributed by atoms with Crippen LogP contribution in [0.4, 0.5) is 5.69 Å². The Morgan fingerprint density at radius 1 is 1.07 bits per heavy atom. The summed E-state index contributed by atoms with van der Waals surface area (Å²) < 4.78 is 15.5. The number of hydrogen-bond donors (Lipinski definition) is 1. The van der Waals surface area contributed by atoms with Gasteiger partial charge in [0, 0.05) is 17.3 Å². The van der Waals surface area contributed by atoms with Gasteiger partial charge in [-0.2, -0.15) is 0 Å². The molecule has 144 valence electrons. The van der Waals surface area contributed by atoms with Gasteiger partial charge in [0.25, 0.3) is 11.8 Å². The molecule has 0 radical (unpaired) electrons. The number of benzene rings is 2. The summed E-state index contributed by atoms with van der Waals surface area (Å²) in [6.07, 6.45) is -1.11. The van der Waals surface area contributed by atoms with E-state index in [4.69, 9.17) is 14.0 Å². The molecule has 0 aliphatic carbocycles. The maximum absolute atomic E-state index is 12.8. The van der Waals surface area contributed by atoms with Crippen LogP contribution in [0.5, 0.6) is 5.88 Å². The molecule has 0 aliphatic heterocycles. The Labute approximate surface area is 162 Å². The van der Waals surface area contributed by atoms with Crippen LogP contribution in [-0.4, -0.2) is 23.6 Å². The van der Waals surface area contributed by atoms with Crippen LogP contribution in [0.1, 0.15) is 23.0 Å². The van der Waals surface area contributed by atoms with Gasteiger partial charge >= 0.3 is 5.97 Å². The number of anilines is 1. The van der Waals surface area contributed by atoms with Crippen molar-refractivity contribution < 1.29 is 23.6 Å². The van der Waals surface area contributed by atoms with Crippen LogP contribution >= 0.6 is 0 Å². The van der Waals surface area contributed by atoms with Crippen molar-refractivity contribution in [3.8, 4) is 5.88 Å². The van der Waals surface area contributed by atoms with Crippen molar-refractivity contribution in [2.24, 2.45) is 0 Å². The van der Waals surface area contributed by atoms with E-state index in [9.17, 15) is 9.59 Å². The van der Waals surface area contributed by atoms with Gasteiger partial charge in [0.2, 0.25) is 6.10 Å². The smallest absolute Gasteiger partial charge is 0.345 e. The van der Waals surface area contributed by atoms with E-state index in [1.54, 1.807) is 49.4 Å². The van der Waals surface area contributed by atoms with Gasteiger partial charge in [-0.25, -0.2) is 4.79 Å². The first-order chi connectivity index (χ1) is 13.5. The zero-order valence-corrected chi connectivity index (χ0v) is 15.5. The SMILES string of the molecule is Cc1ccc(NC(=O)[C@@H](OC(=O)COc2cc(C)on2)c2ccccc2)cc1. The van der Waals surface area contributed by atoms with Gasteiger partial charge in [-0.05, 0) is 31.1 Å². The van der Waals surface area contributed by atoms with Crippen LogP contribution < -0.4 is 10.1 Å². The Kier molecular flexibility index (Phi) is 6.06. The fraction of sp³-hybridized carbons (Fsp3) is 0.190. The summed E-state index contributed by atoms with van der Waals surface area (Å²) in [7, 11) is 0. The second-order valence-corrected chi connectivity index (χ2v) is 6.20. The van der Waals surface area contributed by atoms with E-state index in [-0.39, 0.29) is 5.88 Å². The highest BCUT2D eigenvalue weighted by molar-refractivity contribution is 5.96. The van der Waals surface area contributed by atoms with Crippen LogP contribution in [0.15, 0.2) is 65.2 Å². The molecular formula is C21H20N2O5. The van der Waals surface area contributed by atoms with Crippen LogP contribution in [0.2, 0.25) is 0 Å². The molecule has 1 aromatic heterocycles. The highest BCUT2D eigenvalue weighted by Crippen LogP contribution is 2.21. The highest BCUT2D eigenvalue weighted by Gasteiger charge is 2.25. The van der Waals surface area contributed by atoms with Crippen molar-refractivity contribution in [3.05, 3.63) is 77.6 Å². The third kappa shape index (κ3) is 5.20. The normalized spacial score (nSPS) is 11.5. The number of carbonyl (C=O) groups is 2. The molecule has 0 aliphatic rings. The molecule has 1 heterocycles. The maximum atomic E-state index is 12.8. The lowest BCUT2D eigenvalue weighted by Gasteiger charge is -2.18. The molecule has 0 saturated carbocycles. The minimum Gasteiger partial charge on any atom is -0.463 e. The molecule has 3 aromatic rings. The van der Waals surface area contributed by atoms with E-state index < -0.39 is 24.6 Å². The Hall–Kier alpha value is -3.61. The molecule has 7 nitrogen and oxygen atoms in total. The fourth-order valence-corrected chi connectivity index (χ4v) is 2.46. The number of nitrogens with zero attached hydrogens (tertiary/aromatic N) is 1. The Morgan fingerprint density at radius 3 is 2.43 bits per heavy atom. The summed E-state index contributed by atoms with van der Waals surface area (Å²) in [6.45, 7) is 3.27. The van der Waals surface area contributed by atoms with Gasteiger partial charge in [-0.15, -0.1) is 0 Å². The standard InChI is InChI=1S/C21H20N2O5/c1-14-8-10-17(11-9-14)22-21(25)20(16-6-4-3-5-7-16)27-19(24)13-26-18-12-15(2)28-23-18/h3-12,20H,13H2,1-2H3,(H,22,25)/t20-/m0/s1. The number of nitrogens with one attached hydrogen (secondary N) is 1. The Balaban J connectivity index is 1.68. The topological polar surface area (TPSA) is 90.7 Å². The van der Waals surface area contributed by atoms with Gasteiger partial charge in [-0.3, -0.25) is 4.79 Å². The molecule has 1 N–H and O–H groups in total. The number of ether oxygens (including phenoxy) is 2. The first-order valence-corrected chi connectivity index (χ1v) is 8.69. The van der Waals surface area contributed by atoms with Gasteiger partial charge < -0.3 is 19.3 Å². The second-order valence-electron chi connectivity index (χ2n) is 6.20. The van der Waals surface area contributed by atoms with Crippen LogP contribution in [0.25, 0.3) is 0 Å². The average Bonchev–Trinajstić information content (AvgIpc) is 3.12. The molecule has 0 fully saturated rings. The largest absolute Gasteiger partial charge is 0.463 e.